The van der Waals surface area contributed by atoms with Gasteiger partial charge >= 0.3 is 0 Å². The van der Waals surface area contributed by atoms with E-state index in [1.54, 1.807) is 58.2 Å². The van der Waals surface area contributed by atoms with Gasteiger partial charge < -0.3 is 40.4 Å². The molecule has 0 saturated heterocycles. The molecule has 244 valence electrons. The molecule has 4 aromatic heterocycles. The second kappa shape index (κ2) is 9.73. The van der Waals surface area contributed by atoms with Crippen LogP contribution in [0, 0.1) is 20.8 Å². The number of hydrogen-bond donors (Lipinski definition) is 8. The van der Waals surface area contributed by atoms with Gasteiger partial charge in [0.25, 0.3) is 0 Å². The van der Waals surface area contributed by atoms with Crippen molar-refractivity contribution in [2.45, 2.75) is 34.6 Å². The van der Waals surface area contributed by atoms with Crippen LogP contribution >= 0.6 is 0 Å². The molecular weight excluding hydrogens is 628 g/mol. The molecule has 12 heteroatoms. The first-order valence-corrected chi connectivity index (χ1v) is 15.4. The van der Waals surface area contributed by atoms with Crippen LogP contribution in [-0.2, 0) is 19.2 Å². The summed E-state index contributed by atoms with van der Waals surface area (Å²) < 4.78 is 0. The minimum Gasteiger partial charge on any atom is -0.504 e. The summed E-state index contributed by atoms with van der Waals surface area (Å²) in [7, 11) is 0. The van der Waals surface area contributed by atoms with Gasteiger partial charge in [0, 0.05) is 78.4 Å². The molecule has 3 aliphatic rings. The third kappa shape index (κ3) is 3.73. The number of aromatic nitrogens is 4. The number of aryl methyl sites for hydroxylation is 3. The van der Waals surface area contributed by atoms with Crippen LogP contribution in [0.3, 0.4) is 0 Å². The van der Waals surface area contributed by atoms with Crippen molar-refractivity contribution in [3.05, 3.63) is 103 Å². The Balaban J connectivity index is 1.46. The average molecular weight is 657 g/mol. The number of phenols is 2. The van der Waals surface area contributed by atoms with Crippen LogP contribution in [0.25, 0.3) is 44.3 Å². The normalized spacial score (nSPS) is 17.9. The summed E-state index contributed by atoms with van der Waals surface area (Å²) in [6.07, 6.45) is 1.56. The Morgan fingerprint density at radius 2 is 1.12 bits per heavy atom. The average Bonchev–Trinajstić information content (AvgIpc) is 3.86. The maximum atomic E-state index is 14.3. The first kappa shape index (κ1) is 29.8. The molecule has 0 atom stereocenters. The number of Topliss-reactive ketones (excluding diaryl/α,β-unsaturated/α-hetero) is 4. The smallest absolute Gasteiger partial charge is 0.234 e. The number of nitrogens with one attached hydrogen (secondary N) is 4. The van der Waals surface area contributed by atoms with Gasteiger partial charge in [0.05, 0.1) is 33.4 Å². The largest absolute Gasteiger partial charge is 0.504 e. The summed E-state index contributed by atoms with van der Waals surface area (Å²) in [5.74, 6) is -6.27. The highest BCUT2D eigenvalue weighted by Crippen LogP contribution is 2.52. The molecule has 0 bridgehead atoms. The molecule has 0 fully saturated rings. The maximum Gasteiger partial charge on any atom is 0.234 e. The van der Waals surface area contributed by atoms with Crippen molar-refractivity contribution in [1.29, 1.82) is 0 Å². The van der Waals surface area contributed by atoms with Crippen molar-refractivity contribution in [2.75, 3.05) is 0 Å². The molecule has 4 heterocycles. The first-order chi connectivity index (χ1) is 23.2. The summed E-state index contributed by atoms with van der Waals surface area (Å²) in [5, 5.41) is 47.1. The van der Waals surface area contributed by atoms with Crippen LogP contribution in [0.2, 0.25) is 0 Å². The van der Waals surface area contributed by atoms with E-state index in [4.69, 9.17) is 0 Å². The lowest BCUT2D eigenvalue weighted by Crippen LogP contribution is -2.39. The topological polar surface area (TPSA) is 212 Å². The predicted molar refractivity (Wildman–Crippen MR) is 180 cm³/mol. The first-order valence-electron chi connectivity index (χ1n) is 15.4. The third-order valence-electron chi connectivity index (χ3n) is 9.63. The number of benzene rings is 1. The quantitative estimate of drug-likeness (QED) is 0.0795. The Kier molecular flexibility index (Phi) is 5.92. The Hall–Kier alpha value is -6.56. The molecule has 0 amide bonds. The zero-order valence-corrected chi connectivity index (χ0v) is 26.8. The van der Waals surface area contributed by atoms with Gasteiger partial charge in [-0.3, -0.25) is 19.2 Å². The van der Waals surface area contributed by atoms with E-state index >= 15 is 0 Å². The highest BCUT2D eigenvalue weighted by atomic mass is 16.3. The molecule has 0 saturated carbocycles. The molecule has 8 N–H and O–H groups in total. The zero-order valence-electron chi connectivity index (χ0n) is 26.8. The summed E-state index contributed by atoms with van der Waals surface area (Å²) in [6.45, 7) is 8.30. The van der Waals surface area contributed by atoms with Gasteiger partial charge in [-0.15, -0.1) is 0 Å². The number of aliphatic hydroxyl groups excluding tert-OH is 2. The van der Waals surface area contributed by atoms with Gasteiger partial charge in [-0.2, -0.15) is 0 Å². The number of hydrogen-bond acceptors (Lipinski definition) is 8. The molecule has 8 rings (SSSR count). The number of carbonyl (C=O) groups excluding carboxylic acids is 4. The second-order valence-corrected chi connectivity index (χ2v) is 12.7. The van der Waals surface area contributed by atoms with E-state index in [1.807, 2.05) is 0 Å². The van der Waals surface area contributed by atoms with Crippen molar-refractivity contribution >= 4 is 67.5 Å². The van der Waals surface area contributed by atoms with Crippen molar-refractivity contribution in [1.82, 2.24) is 19.9 Å². The minimum atomic E-state index is -0.952. The molecule has 5 aromatic rings. The molecule has 12 nitrogen and oxygen atoms in total. The van der Waals surface area contributed by atoms with Gasteiger partial charge in [-0.25, -0.2) is 0 Å². The maximum absolute atomic E-state index is 14.3. The number of rotatable bonds is 2. The van der Waals surface area contributed by atoms with Crippen LogP contribution in [0.4, 0.5) is 0 Å². The van der Waals surface area contributed by atoms with Crippen LogP contribution in [0.15, 0.2) is 42.0 Å². The molecular formula is C37H28N4O8. The number of carbonyl (C=O) groups is 4. The fraction of sp³-hybridized carbons (Fsp3) is 0.135. The SMILES string of the molecule is CC1=C(O)C(=O)/C(=C2\C(=O)C(O)=C(c3c(O)c(O)c(C4=c5cc[nH]c5=C(C)C(=O)C4=O)c4cc(C)[nH]c34)c3[nH]c(C)cc32)c2cc(C)[nH]c21. The Morgan fingerprint density at radius 1 is 0.551 bits per heavy atom. The number of fused-ring (bicyclic) bond motifs is 4. The van der Waals surface area contributed by atoms with Gasteiger partial charge in [0.15, 0.2) is 23.0 Å². The van der Waals surface area contributed by atoms with Crippen LogP contribution in [0.1, 0.15) is 64.6 Å². The molecule has 0 radical (unpaired) electrons. The van der Waals surface area contributed by atoms with E-state index in [-0.39, 0.29) is 61.2 Å². The number of H-pyrrole nitrogens is 4. The van der Waals surface area contributed by atoms with Crippen LogP contribution in [0.5, 0.6) is 11.5 Å². The summed E-state index contributed by atoms with van der Waals surface area (Å²) in [5.41, 5.74) is 2.89. The lowest BCUT2D eigenvalue weighted by Gasteiger charge is -2.25. The van der Waals surface area contributed by atoms with Gasteiger partial charge in [0.2, 0.25) is 23.1 Å². The van der Waals surface area contributed by atoms with E-state index in [2.05, 4.69) is 19.9 Å². The molecule has 49 heavy (non-hydrogen) atoms. The zero-order chi connectivity index (χ0) is 35.0. The third-order valence-corrected chi connectivity index (χ3v) is 9.63. The number of phenolic OH excluding ortho intramolecular Hbond substituents is 2. The van der Waals surface area contributed by atoms with Gasteiger partial charge in [-0.05, 0) is 58.9 Å². The van der Waals surface area contributed by atoms with Crippen molar-refractivity contribution < 1.29 is 39.6 Å². The molecule has 0 aliphatic heterocycles. The molecule has 0 unspecified atom stereocenters. The van der Waals surface area contributed by atoms with Gasteiger partial charge in [-0.1, -0.05) is 0 Å². The van der Waals surface area contributed by atoms with E-state index in [1.165, 1.54) is 6.92 Å². The number of aliphatic hydroxyl groups is 2. The summed E-state index contributed by atoms with van der Waals surface area (Å²) in [6, 6.07) is 6.53. The van der Waals surface area contributed by atoms with Crippen LogP contribution in [-0.4, -0.2) is 63.5 Å². The highest BCUT2D eigenvalue weighted by molar-refractivity contribution is 6.64. The Bertz CT molecular complexity index is 2710. The van der Waals surface area contributed by atoms with E-state index in [0.29, 0.717) is 44.5 Å². The summed E-state index contributed by atoms with van der Waals surface area (Å²) in [4.78, 5) is 66.9. The van der Waals surface area contributed by atoms with Crippen molar-refractivity contribution in [3.8, 4) is 11.5 Å². The number of aromatic hydroxyl groups is 2. The fourth-order valence-electron chi connectivity index (χ4n) is 7.43. The Morgan fingerprint density at radius 3 is 1.80 bits per heavy atom. The lowest BCUT2D eigenvalue weighted by atomic mass is 9.78. The monoisotopic (exact) mass is 656 g/mol. The van der Waals surface area contributed by atoms with E-state index < -0.39 is 46.2 Å². The van der Waals surface area contributed by atoms with Crippen LogP contribution < -0.4 is 10.6 Å². The van der Waals surface area contributed by atoms with Crippen molar-refractivity contribution in [2.24, 2.45) is 0 Å². The fourth-order valence-corrected chi connectivity index (χ4v) is 7.43. The lowest BCUT2D eigenvalue weighted by molar-refractivity contribution is -0.130. The number of allylic oxidation sites excluding steroid dienone is 3. The van der Waals surface area contributed by atoms with E-state index in [0.717, 1.165) is 0 Å². The molecule has 1 aromatic carbocycles. The van der Waals surface area contributed by atoms with E-state index in [9.17, 15) is 39.6 Å². The second-order valence-electron chi connectivity index (χ2n) is 12.7. The number of aromatic amines is 4. The summed E-state index contributed by atoms with van der Waals surface area (Å²) >= 11 is 0. The predicted octanol–water partition coefficient (Wildman–Crippen LogP) is 3.69. The minimum absolute atomic E-state index is 0.0963. The standard InChI is InChI=1S/C37H28N4O8/c1-11-8-17-21(33(45)31(43)15(5)27(17)39-11)23-19-10-13(3)41-29(19)25(37(49)35(23)47)24-28-18(9-12(2)40-28)22(34(46)36(24)48)20-16-6-7-38-26(16)14(4)30(42)32(20)44/h6-10,38-41,43,46,48-49H,1-5H3/b23-21-. The number of ketones is 4. The highest BCUT2D eigenvalue weighted by Gasteiger charge is 2.42. The van der Waals surface area contributed by atoms with Gasteiger partial charge in [0.1, 0.15) is 0 Å². The molecule has 0 spiro atoms. The molecule has 3 aliphatic carbocycles. The van der Waals surface area contributed by atoms with Crippen molar-refractivity contribution in [3.63, 3.8) is 0 Å². The Labute approximate surface area is 276 Å².